The molecule has 2 N–H and O–H groups in total. The molecule has 0 atom stereocenters. The van der Waals surface area contributed by atoms with Gasteiger partial charge in [0.05, 0.1) is 29.0 Å². The third-order valence-electron chi connectivity index (χ3n) is 3.69. The van der Waals surface area contributed by atoms with Gasteiger partial charge in [0.2, 0.25) is 5.91 Å². The van der Waals surface area contributed by atoms with E-state index in [9.17, 15) is 4.79 Å². The van der Waals surface area contributed by atoms with Crippen LogP contribution in [-0.4, -0.2) is 10.9 Å². The second kappa shape index (κ2) is 8.21. The first kappa shape index (κ1) is 18.2. The lowest BCUT2D eigenvalue weighted by Gasteiger charge is -2.09. The van der Waals surface area contributed by atoms with Crippen LogP contribution in [0.3, 0.4) is 0 Å². The molecule has 1 aromatic heterocycles. The Morgan fingerprint density at radius 1 is 1.08 bits per heavy atom. The Labute approximate surface area is 162 Å². The molecule has 0 saturated heterocycles. The first-order chi connectivity index (χ1) is 12.5. The SMILES string of the molecule is Cc1cccc(CC(=O)Nc2ccc(Nc3ccc(Cl)cc3Cl)nc2)c1. The lowest BCUT2D eigenvalue weighted by molar-refractivity contribution is -0.115. The number of amides is 1. The van der Waals surface area contributed by atoms with Crippen molar-refractivity contribution in [3.63, 3.8) is 0 Å². The molecule has 1 heterocycles. The van der Waals surface area contributed by atoms with Gasteiger partial charge in [0.25, 0.3) is 0 Å². The number of halogens is 2. The average molecular weight is 386 g/mol. The summed E-state index contributed by atoms with van der Waals surface area (Å²) in [5.74, 6) is 0.532. The number of carbonyl (C=O) groups is 1. The maximum absolute atomic E-state index is 12.2. The van der Waals surface area contributed by atoms with E-state index in [0.717, 1.165) is 11.1 Å². The van der Waals surface area contributed by atoms with Gasteiger partial charge in [-0.1, -0.05) is 53.0 Å². The van der Waals surface area contributed by atoms with Crippen LogP contribution in [0.1, 0.15) is 11.1 Å². The maximum Gasteiger partial charge on any atom is 0.228 e. The zero-order valence-electron chi connectivity index (χ0n) is 14.1. The van der Waals surface area contributed by atoms with Crippen LogP contribution in [0.25, 0.3) is 0 Å². The van der Waals surface area contributed by atoms with Gasteiger partial charge in [0, 0.05) is 5.02 Å². The van der Waals surface area contributed by atoms with Crippen molar-refractivity contribution in [2.45, 2.75) is 13.3 Å². The molecule has 2 aromatic carbocycles. The number of aromatic nitrogens is 1. The molecule has 26 heavy (non-hydrogen) atoms. The van der Waals surface area contributed by atoms with Gasteiger partial charge >= 0.3 is 0 Å². The fourth-order valence-corrected chi connectivity index (χ4v) is 2.94. The maximum atomic E-state index is 12.2. The lowest BCUT2D eigenvalue weighted by atomic mass is 10.1. The second-order valence-electron chi connectivity index (χ2n) is 5.90. The van der Waals surface area contributed by atoms with E-state index in [1.54, 1.807) is 36.5 Å². The second-order valence-corrected chi connectivity index (χ2v) is 6.74. The Hall–Kier alpha value is -2.56. The summed E-state index contributed by atoms with van der Waals surface area (Å²) in [5.41, 5.74) is 3.45. The minimum absolute atomic E-state index is 0.0844. The highest BCUT2D eigenvalue weighted by Crippen LogP contribution is 2.27. The Kier molecular flexibility index (Phi) is 5.76. The molecule has 0 saturated carbocycles. The van der Waals surface area contributed by atoms with Crippen molar-refractivity contribution in [3.05, 3.63) is 82.0 Å². The van der Waals surface area contributed by atoms with Gasteiger partial charge in [-0.15, -0.1) is 0 Å². The third-order valence-corrected chi connectivity index (χ3v) is 4.24. The Bertz CT molecular complexity index is 927. The van der Waals surface area contributed by atoms with Crippen molar-refractivity contribution < 1.29 is 4.79 Å². The largest absolute Gasteiger partial charge is 0.339 e. The molecular weight excluding hydrogens is 369 g/mol. The number of carbonyl (C=O) groups excluding carboxylic acids is 1. The van der Waals surface area contributed by atoms with E-state index in [1.165, 1.54) is 0 Å². The molecule has 0 radical (unpaired) electrons. The van der Waals surface area contributed by atoms with Crippen LogP contribution in [0, 0.1) is 6.92 Å². The van der Waals surface area contributed by atoms with Crippen molar-refractivity contribution in [1.82, 2.24) is 4.98 Å². The number of rotatable bonds is 5. The summed E-state index contributed by atoms with van der Waals surface area (Å²) in [6.45, 7) is 2.00. The monoisotopic (exact) mass is 385 g/mol. The minimum Gasteiger partial charge on any atom is -0.339 e. The summed E-state index contributed by atoms with van der Waals surface area (Å²) in [7, 11) is 0. The van der Waals surface area contributed by atoms with E-state index in [1.807, 2.05) is 31.2 Å². The molecule has 0 aliphatic rings. The molecule has 0 aliphatic heterocycles. The van der Waals surface area contributed by atoms with E-state index in [4.69, 9.17) is 23.2 Å². The average Bonchev–Trinajstić information content (AvgIpc) is 2.59. The molecule has 1 amide bonds. The molecule has 0 bridgehead atoms. The Morgan fingerprint density at radius 3 is 2.62 bits per heavy atom. The fraction of sp³-hybridized carbons (Fsp3) is 0.100. The van der Waals surface area contributed by atoms with Gasteiger partial charge in [0.1, 0.15) is 5.82 Å². The number of aryl methyl sites for hydroxylation is 1. The number of anilines is 3. The number of hydrogen-bond acceptors (Lipinski definition) is 3. The van der Waals surface area contributed by atoms with Crippen molar-refractivity contribution in [2.75, 3.05) is 10.6 Å². The van der Waals surface area contributed by atoms with Gasteiger partial charge in [-0.3, -0.25) is 4.79 Å². The van der Waals surface area contributed by atoms with Gasteiger partial charge in [-0.05, 0) is 42.8 Å². The van der Waals surface area contributed by atoms with Gasteiger partial charge in [0.15, 0.2) is 0 Å². The highest BCUT2D eigenvalue weighted by molar-refractivity contribution is 6.36. The highest BCUT2D eigenvalue weighted by atomic mass is 35.5. The zero-order chi connectivity index (χ0) is 18.5. The molecule has 132 valence electrons. The number of nitrogens with zero attached hydrogens (tertiary/aromatic N) is 1. The molecule has 6 heteroatoms. The van der Waals surface area contributed by atoms with E-state index >= 15 is 0 Å². The quantitative estimate of drug-likeness (QED) is 0.598. The predicted molar refractivity (Wildman–Crippen MR) is 107 cm³/mol. The molecule has 0 aliphatic carbocycles. The van der Waals surface area contributed by atoms with E-state index in [2.05, 4.69) is 15.6 Å². The summed E-state index contributed by atoms with van der Waals surface area (Å²) < 4.78 is 0. The fourth-order valence-electron chi connectivity index (χ4n) is 2.48. The summed E-state index contributed by atoms with van der Waals surface area (Å²) in [6, 6.07) is 16.6. The van der Waals surface area contributed by atoms with Crippen molar-refractivity contribution >= 4 is 46.3 Å². The molecule has 0 unspecified atom stereocenters. The van der Waals surface area contributed by atoms with Gasteiger partial charge in [-0.25, -0.2) is 4.98 Å². The summed E-state index contributed by atoms with van der Waals surface area (Å²) in [4.78, 5) is 16.5. The Balaban J connectivity index is 1.61. The third kappa shape index (κ3) is 4.97. The summed E-state index contributed by atoms with van der Waals surface area (Å²) in [6.07, 6.45) is 1.92. The van der Waals surface area contributed by atoms with Crippen molar-refractivity contribution in [2.24, 2.45) is 0 Å². The van der Waals surface area contributed by atoms with Crippen LogP contribution in [0.4, 0.5) is 17.2 Å². The smallest absolute Gasteiger partial charge is 0.228 e. The van der Waals surface area contributed by atoms with E-state index in [-0.39, 0.29) is 5.91 Å². The summed E-state index contributed by atoms with van der Waals surface area (Å²) in [5, 5.41) is 7.04. The lowest BCUT2D eigenvalue weighted by Crippen LogP contribution is -2.14. The van der Waals surface area contributed by atoms with Crippen molar-refractivity contribution in [1.29, 1.82) is 0 Å². The van der Waals surface area contributed by atoms with Crippen LogP contribution in [0.15, 0.2) is 60.8 Å². The van der Waals surface area contributed by atoms with Crippen LogP contribution >= 0.6 is 23.2 Å². The molecule has 0 fully saturated rings. The number of pyridine rings is 1. The topological polar surface area (TPSA) is 54.0 Å². The van der Waals surface area contributed by atoms with Gasteiger partial charge in [-0.2, -0.15) is 0 Å². The first-order valence-electron chi connectivity index (χ1n) is 8.03. The van der Waals surface area contributed by atoms with Crippen LogP contribution in [-0.2, 0) is 11.2 Å². The summed E-state index contributed by atoms with van der Waals surface area (Å²) >= 11 is 12.0. The number of nitrogens with one attached hydrogen (secondary N) is 2. The standard InChI is InChI=1S/C20H17Cl2N3O/c1-13-3-2-4-14(9-13)10-20(26)24-16-6-8-19(23-12-16)25-18-7-5-15(21)11-17(18)22/h2-9,11-12H,10H2,1H3,(H,23,25)(H,24,26). The Morgan fingerprint density at radius 2 is 1.92 bits per heavy atom. The number of benzene rings is 2. The minimum atomic E-state index is -0.0844. The molecule has 3 rings (SSSR count). The van der Waals surface area contributed by atoms with E-state index < -0.39 is 0 Å². The van der Waals surface area contributed by atoms with E-state index in [0.29, 0.717) is 33.7 Å². The predicted octanol–water partition coefficient (Wildman–Crippen LogP) is 5.62. The first-order valence-corrected chi connectivity index (χ1v) is 8.79. The molecule has 3 aromatic rings. The van der Waals surface area contributed by atoms with Gasteiger partial charge < -0.3 is 10.6 Å². The van der Waals surface area contributed by atoms with Crippen LogP contribution in [0.2, 0.25) is 10.0 Å². The molecule has 4 nitrogen and oxygen atoms in total. The normalized spacial score (nSPS) is 10.4. The molecular formula is C20H17Cl2N3O. The van der Waals surface area contributed by atoms with Crippen LogP contribution in [0.5, 0.6) is 0 Å². The van der Waals surface area contributed by atoms with Crippen molar-refractivity contribution in [3.8, 4) is 0 Å². The van der Waals surface area contributed by atoms with Crippen LogP contribution < -0.4 is 10.6 Å². The zero-order valence-corrected chi connectivity index (χ0v) is 15.6. The molecule has 0 spiro atoms. The highest BCUT2D eigenvalue weighted by Gasteiger charge is 2.06. The number of hydrogen-bond donors (Lipinski definition) is 2.